The molecule has 1 fully saturated rings. The van der Waals surface area contributed by atoms with E-state index >= 15 is 0 Å². The number of hydrogen-bond acceptors (Lipinski definition) is 5. The van der Waals surface area contributed by atoms with Crippen molar-refractivity contribution < 1.29 is 23.9 Å². The maximum absolute atomic E-state index is 12.4. The normalized spacial score (nSPS) is 21.2. The average Bonchev–Trinajstić information content (AvgIpc) is 2.92. The van der Waals surface area contributed by atoms with Crippen LogP contribution in [0.1, 0.15) is 35.2 Å². The number of ether oxygens (including phenoxy) is 1. The van der Waals surface area contributed by atoms with Crippen LogP contribution in [0.3, 0.4) is 0 Å². The molecule has 0 unspecified atom stereocenters. The second kappa shape index (κ2) is 7.73. The van der Waals surface area contributed by atoms with Crippen molar-refractivity contribution in [2.75, 3.05) is 19.0 Å². The molecular weight excluding hydrogens is 348 g/mol. The number of aryl methyl sites for hydroxylation is 1. The second-order valence-corrected chi connectivity index (χ2v) is 6.80. The van der Waals surface area contributed by atoms with Crippen LogP contribution in [-0.2, 0) is 19.1 Å². The van der Waals surface area contributed by atoms with E-state index in [1.54, 1.807) is 18.2 Å². The minimum Gasteiger partial charge on any atom is -0.465 e. The standard InChI is InChI=1S/C20H22N2O5/c1-12-7-8-13(20(26)27-2)11-16(12)21-17(23)9-10-22-18(24)14-5-3-4-6-15(14)19(22)25/h3-4,7-8,11,14-15H,5-6,9-10H2,1-2H3,(H,21,23)/t14-,15-/m1/s1. The Morgan fingerprint density at radius 1 is 1.15 bits per heavy atom. The van der Waals surface area contributed by atoms with Gasteiger partial charge in [0.25, 0.3) is 0 Å². The van der Waals surface area contributed by atoms with E-state index in [2.05, 4.69) is 10.1 Å². The highest BCUT2D eigenvalue weighted by Crippen LogP contribution is 2.35. The fourth-order valence-corrected chi connectivity index (χ4v) is 3.52. The summed E-state index contributed by atoms with van der Waals surface area (Å²) in [5, 5.41) is 2.74. The number of carbonyl (C=O) groups is 4. The highest BCUT2D eigenvalue weighted by atomic mass is 16.5. The van der Waals surface area contributed by atoms with Gasteiger partial charge in [0, 0.05) is 18.7 Å². The Morgan fingerprint density at radius 2 is 1.78 bits per heavy atom. The van der Waals surface area contributed by atoms with Gasteiger partial charge in [0.05, 0.1) is 24.5 Å². The number of imide groups is 1. The van der Waals surface area contributed by atoms with E-state index in [-0.39, 0.29) is 42.5 Å². The number of hydrogen-bond donors (Lipinski definition) is 1. The number of nitrogens with one attached hydrogen (secondary N) is 1. The lowest BCUT2D eigenvalue weighted by molar-refractivity contribution is -0.140. The molecule has 1 aliphatic heterocycles. The molecule has 0 spiro atoms. The maximum Gasteiger partial charge on any atom is 0.337 e. The molecule has 1 heterocycles. The molecule has 2 atom stereocenters. The quantitative estimate of drug-likeness (QED) is 0.487. The molecule has 142 valence electrons. The molecule has 1 aliphatic carbocycles. The summed E-state index contributed by atoms with van der Waals surface area (Å²) in [7, 11) is 1.29. The lowest BCUT2D eigenvalue weighted by atomic mass is 9.85. The smallest absolute Gasteiger partial charge is 0.337 e. The van der Waals surface area contributed by atoms with Gasteiger partial charge in [-0.15, -0.1) is 0 Å². The minimum absolute atomic E-state index is 0.00619. The van der Waals surface area contributed by atoms with E-state index in [0.29, 0.717) is 24.1 Å². The number of methoxy groups -OCH3 is 1. The monoisotopic (exact) mass is 370 g/mol. The van der Waals surface area contributed by atoms with E-state index < -0.39 is 5.97 Å². The fraction of sp³-hybridized carbons (Fsp3) is 0.400. The molecule has 1 N–H and O–H groups in total. The number of likely N-dealkylation sites (tertiary alicyclic amines) is 1. The second-order valence-electron chi connectivity index (χ2n) is 6.80. The molecule has 1 aromatic carbocycles. The van der Waals surface area contributed by atoms with Crippen LogP contribution in [0.25, 0.3) is 0 Å². The number of anilines is 1. The molecular formula is C20H22N2O5. The first-order valence-electron chi connectivity index (χ1n) is 8.91. The zero-order chi connectivity index (χ0) is 19.6. The Morgan fingerprint density at radius 3 is 2.37 bits per heavy atom. The third-order valence-electron chi connectivity index (χ3n) is 5.09. The van der Waals surface area contributed by atoms with Gasteiger partial charge >= 0.3 is 5.97 Å². The number of allylic oxidation sites excluding steroid dienone is 2. The van der Waals surface area contributed by atoms with Gasteiger partial charge in [-0.1, -0.05) is 18.2 Å². The molecule has 2 aliphatic rings. The highest BCUT2D eigenvalue weighted by Gasteiger charge is 2.46. The van der Waals surface area contributed by atoms with Gasteiger partial charge in [-0.05, 0) is 37.5 Å². The molecule has 1 saturated heterocycles. The maximum atomic E-state index is 12.4. The lowest BCUT2D eigenvalue weighted by Crippen LogP contribution is -2.34. The molecule has 0 bridgehead atoms. The Balaban J connectivity index is 1.61. The van der Waals surface area contributed by atoms with E-state index in [4.69, 9.17) is 0 Å². The van der Waals surface area contributed by atoms with Crippen LogP contribution in [0, 0.1) is 18.8 Å². The van der Waals surface area contributed by atoms with Crippen molar-refractivity contribution in [2.24, 2.45) is 11.8 Å². The van der Waals surface area contributed by atoms with E-state index in [1.807, 2.05) is 19.1 Å². The molecule has 0 radical (unpaired) electrons. The Hall–Kier alpha value is -2.96. The number of amides is 3. The van der Waals surface area contributed by atoms with Gasteiger partial charge in [-0.25, -0.2) is 4.79 Å². The number of nitrogens with zero attached hydrogens (tertiary/aromatic N) is 1. The zero-order valence-corrected chi connectivity index (χ0v) is 15.4. The minimum atomic E-state index is -0.491. The SMILES string of the molecule is COC(=O)c1ccc(C)c(NC(=O)CCN2C(=O)[C@@H]3CC=CC[C@H]3C2=O)c1. The molecule has 7 nitrogen and oxygen atoms in total. The van der Waals surface area contributed by atoms with Gasteiger partial charge in [0.2, 0.25) is 17.7 Å². The summed E-state index contributed by atoms with van der Waals surface area (Å²) in [6.07, 6.45) is 5.03. The van der Waals surface area contributed by atoms with E-state index in [0.717, 1.165) is 5.56 Å². The van der Waals surface area contributed by atoms with Crippen molar-refractivity contribution in [3.8, 4) is 0 Å². The fourth-order valence-electron chi connectivity index (χ4n) is 3.52. The number of rotatable bonds is 5. The van der Waals surface area contributed by atoms with Crippen LogP contribution in [0.4, 0.5) is 5.69 Å². The lowest BCUT2D eigenvalue weighted by Gasteiger charge is -2.15. The Labute approximate surface area is 157 Å². The predicted octanol–water partition coefficient (Wildman–Crippen LogP) is 2.06. The third-order valence-corrected chi connectivity index (χ3v) is 5.09. The van der Waals surface area contributed by atoms with Gasteiger partial charge < -0.3 is 10.1 Å². The van der Waals surface area contributed by atoms with Crippen molar-refractivity contribution in [1.29, 1.82) is 0 Å². The van der Waals surface area contributed by atoms with Crippen LogP contribution >= 0.6 is 0 Å². The summed E-state index contributed by atoms with van der Waals surface area (Å²) < 4.78 is 4.68. The summed E-state index contributed by atoms with van der Waals surface area (Å²) in [4.78, 5) is 50.0. The van der Waals surface area contributed by atoms with E-state index in [9.17, 15) is 19.2 Å². The summed E-state index contributed by atoms with van der Waals surface area (Å²) in [5.41, 5.74) is 1.63. The van der Waals surface area contributed by atoms with Crippen LogP contribution < -0.4 is 5.32 Å². The predicted molar refractivity (Wildman–Crippen MR) is 97.8 cm³/mol. The van der Waals surface area contributed by atoms with Crippen molar-refractivity contribution in [3.05, 3.63) is 41.5 Å². The number of benzene rings is 1. The first kappa shape index (κ1) is 18.8. The largest absolute Gasteiger partial charge is 0.465 e. The molecule has 0 aromatic heterocycles. The molecule has 3 amide bonds. The van der Waals surface area contributed by atoms with Crippen molar-refractivity contribution >= 4 is 29.4 Å². The van der Waals surface area contributed by atoms with Gasteiger partial charge in [0.1, 0.15) is 0 Å². The summed E-state index contributed by atoms with van der Waals surface area (Å²) in [6, 6.07) is 4.88. The Kier molecular flexibility index (Phi) is 5.39. The van der Waals surface area contributed by atoms with Crippen molar-refractivity contribution in [3.63, 3.8) is 0 Å². The Bertz CT molecular complexity index is 804. The summed E-state index contributed by atoms with van der Waals surface area (Å²) >= 11 is 0. The molecule has 1 aromatic rings. The summed E-state index contributed by atoms with van der Waals surface area (Å²) in [5.74, 6) is -1.77. The number of esters is 1. The first-order chi connectivity index (χ1) is 12.9. The highest BCUT2D eigenvalue weighted by molar-refractivity contribution is 6.06. The topological polar surface area (TPSA) is 92.8 Å². The van der Waals surface area contributed by atoms with Gasteiger partial charge in [-0.3, -0.25) is 19.3 Å². The number of carbonyl (C=O) groups excluding carboxylic acids is 4. The summed E-state index contributed by atoms with van der Waals surface area (Å²) in [6.45, 7) is 1.87. The van der Waals surface area contributed by atoms with Crippen LogP contribution in [0.2, 0.25) is 0 Å². The first-order valence-corrected chi connectivity index (χ1v) is 8.91. The molecule has 3 rings (SSSR count). The number of fused-ring (bicyclic) bond motifs is 1. The molecule has 7 heteroatoms. The van der Waals surface area contributed by atoms with Crippen LogP contribution in [-0.4, -0.2) is 42.2 Å². The van der Waals surface area contributed by atoms with E-state index in [1.165, 1.54) is 12.0 Å². The van der Waals surface area contributed by atoms with Gasteiger partial charge in [0.15, 0.2) is 0 Å². The zero-order valence-electron chi connectivity index (χ0n) is 15.4. The van der Waals surface area contributed by atoms with Crippen molar-refractivity contribution in [1.82, 2.24) is 4.90 Å². The molecule has 27 heavy (non-hydrogen) atoms. The molecule has 0 saturated carbocycles. The van der Waals surface area contributed by atoms with Crippen LogP contribution in [0.15, 0.2) is 30.4 Å². The van der Waals surface area contributed by atoms with Crippen LogP contribution in [0.5, 0.6) is 0 Å². The van der Waals surface area contributed by atoms with Crippen molar-refractivity contribution in [2.45, 2.75) is 26.2 Å². The van der Waals surface area contributed by atoms with Gasteiger partial charge in [-0.2, -0.15) is 0 Å². The third kappa shape index (κ3) is 3.77. The average molecular weight is 370 g/mol.